The van der Waals surface area contributed by atoms with Crippen molar-refractivity contribution in [2.45, 2.75) is 347 Å². The lowest BCUT2D eigenvalue weighted by Crippen LogP contribution is -1.96. The Labute approximate surface area is 435 Å². The van der Waals surface area contributed by atoms with Gasteiger partial charge in [0.1, 0.15) is 9.84 Å². The first kappa shape index (κ1) is 252. The second-order valence-corrected chi connectivity index (χ2v) is 5.57. The van der Waals surface area contributed by atoms with Gasteiger partial charge >= 0.3 is 0 Å². The molecule has 1 N–H and O–H groups in total. The van der Waals surface area contributed by atoms with Gasteiger partial charge in [0.25, 0.3) is 0 Å². The second-order valence-electron chi connectivity index (χ2n) is 3.14. The summed E-state index contributed by atoms with van der Waals surface area (Å²) in [6, 6.07) is 0. The van der Waals surface area contributed by atoms with Gasteiger partial charge in [-0.15, -0.1) is 0 Å². The van der Waals surface area contributed by atoms with E-state index in [4.69, 9.17) is 5.11 Å². The van der Waals surface area contributed by atoms with Gasteiger partial charge in [0.15, 0.2) is 0 Å². The van der Waals surface area contributed by atoms with E-state index in [1.165, 1.54) is 6.26 Å². The van der Waals surface area contributed by atoms with Gasteiger partial charge < -0.3 is 5.11 Å². The Morgan fingerprint density at radius 2 is 0.381 bits per heavy atom. The number of allylic oxidation sites excluding steroid dienone is 2. The Balaban J connectivity index is -0.00000000536. The third kappa shape index (κ3) is 6240. The van der Waals surface area contributed by atoms with Crippen LogP contribution in [-0.4, -0.2) is 73.7 Å². The summed E-state index contributed by atoms with van der Waals surface area (Å²) in [6.07, 6.45) is 5.96. The second kappa shape index (κ2) is 1370. The summed E-state index contributed by atoms with van der Waals surface area (Å²) >= 11 is 0. The van der Waals surface area contributed by atoms with Gasteiger partial charge in [0.05, 0.1) is 6.10 Å². The van der Waals surface area contributed by atoms with Gasteiger partial charge in [-0.3, -0.25) is 0 Å². The first-order valence-corrected chi connectivity index (χ1v) is 26.2. The van der Waals surface area contributed by atoms with Crippen LogP contribution in [0, 0.1) is 0 Å². The van der Waals surface area contributed by atoms with Crippen molar-refractivity contribution in [2.75, 3.05) is 12.0 Å². The van der Waals surface area contributed by atoms with Crippen molar-refractivity contribution in [3.05, 3.63) is 12.2 Å². The summed E-state index contributed by atoms with van der Waals surface area (Å²) in [5.41, 5.74) is 0. The van der Waals surface area contributed by atoms with Crippen LogP contribution in [0.2, 0.25) is 0 Å². The molecule has 0 heterocycles. The lowest BCUT2D eigenvalue weighted by molar-refractivity contribution is 0.191. The van der Waals surface area contributed by atoms with E-state index in [9.17, 15) is 8.42 Å². The Hall–Kier alpha value is -0.0253. The number of aliphatic hydroxyl groups is 1. The molecular formula is C54H160B5O3S. The van der Waals surface area contributed by atoms with E-state index in [0.29, 0.717) is 0 Å². The van der Waals surface area contributed by atoms with Crippen LogP contribution < -0.4 is 0 Å². The molecule has 0 aliphatic carbocycles. The number of hydrogen-bond acceptors (Lipinski definition) is 3. The van der Waals surface area contributed by atoms with E-state index >= 15 is 0 Å². The largest absolute Gasteiger partial charge is 0.393 e. The first-order valence-electron chi connectivity index (χ1n) is 24.2. The molecule has 0 amide bonds. The van der Waals surface area contributed by atoms with Crippen molar-refractivity contribution in [1.29, 1.82) is 0 Å². The molecule has 15 radical (unpaired) electrons. The molecular weight excluding hydrogens is 783 g/mol. The average Bonchev–Trinajstić information content (AvgIpc) is 3.33. The zero-order chi connectivity index (χ0) is 50.9. The third-order valence-corrected chi connectivity index (χ3v) is 2.50. The maximum atomic E-state index is 10.0. The van der Waals surface area contributed by atoms with Gasteiger partial charge in [-0.25, -0.2) is 8.42 Å². The number of aliphatic hydroxyl groups excluding tert-OH is 1. The molecule has 1 unspecified atom stereocenters. The van der Waals surface area contributed by atoms with E-state index in [2.05, 4.69) is 0 Å². The van der Waals surface area contributed by atoms with Crippen molar-refractivity contribution in [2.24, 2.45) is 0 Å². The SMILES string of the molecule is C.C.C.C.C.CC.CC.CC.CC.CC.CC.CC.CC.CC.CC.CC.CC.CC.CC.CC.CC.CC.CC.CC.CC=CC.CCC(C)O.CCS(C)(=O)=O.[B].[B].[B].[B].[B]. The third-order valence-electron chi connectivity index (χ3n) is 1.45. The minimum atomic E-state index is -2.66. The summed E-state index contributed by atoms with van der Waals surface area (Å²) in [6.45, 7) is 85.3. The summed E-state index contributed by atoms with van der Waals surface area (Å²) in [5.74, 6) is 0.243. The Morgan fingerprint density at radius 3 is 0.381 bits per heavy atom. The van der Waals surface area contributed by atoms with Gasteiger partial charge in [-0.2, -0.15) is 0 Å². The number of hydrogen-bond donors (Lipinski definition) is 1. The van der Waals surface area contributed by atoms with Crippen molar-refractivity contribution >= 4 is 51.9 Å². The lowest BCUT2D eigenvalue weighted by Gasteiger charge is -1.90. The fourth-order valence-corrected chi connectivity index (χ4v) is 0. The quantitative estimate of drug-likeness (QED) is 0.222. The molecule has 415 valence electrons. The molecule has 0 fully saturated rings. The monoisotopic (exact) mass is 944 g/mol. The molecule has 0 aromatic rings. The molecule has 0 saturated heterocycles. The Kier molecular flexibility index (Phi) is 5480. The molecule has 0 aliphatic heterocycles. The molecule has 1 atom stereocenters. The van der Waals surface area contributed by atoms with Crippen molar-refractivity contribution < 1.29 is 13.5 Å². The Morgan fingerprint density at radius 1 is 0.333 bits per heavy atom. The van der Waals surface area contributed by atoms with Crippen LogP contribution in [0.1, 0.15) is 341 Å². The topological polar surface area (TPSA) is 54.4 Å². The molecule has 0 rings (SSSR count). The summed E-state index contributed by atoms with van der Waals surface area (Å²) in [4.78, 5) is 0. The van der Waals surface area contributed by atoms with E-state index in [-0.39, 0.29) is 91.1 Å². The van der Waals surface area contributed by atoms with Crippen molar-refractivity contribution in [1.82, 2.24) is 0 Å². The Bertz CT molecular complexity index is 246. The summed E-state index contributed by atoms with van der Waals surface area (Å²) in [5, 5.41) is 8.36. The minimum Gasteiger partial charge on any atom is -0.393 e. The molecule has 0 aromatic carbocycles. The fraction of sp³-hybridized carbons (Fsp3) is 0.963. The highest BCUT2D eigenvalue weighted by Crippen LogP contribution is 1.81. The van der Waals surface area contributed by atoms with Crippen molar-refractivity contribution in [3.63, 3.8) is 0 Å². The van der Waals surface area contributed by atoms with Crippen molar-refractivity contribution in [3.8, 4) is 0 Å². The minimum absolute atomic E-state index is 0. The standard InChI is InChI=1S/C4H10O.C4H8.C3H8O2S.19C2H6.5CH4.5B/c1-3-4(2)5;1-3-4-2;1-3-6(2,4)5;19*1-2;;;;;;;;;;/h4-5H,3H2,1-2H3;3-4H,1-2H3;3H2,1-2H3;19*1-2H3;5*1H4;;;;;. The molecule has 3 nitrogen and oxygen atoms in total. The molecule has 0 saturated carbocycles. The van der Waals surface area contributed by atoms with Crippen LogP contribution in [0.4, 0.5) is 0 Å². The summed E-state index contributed by atoms with van der Waals surface area (Å²) < 4.78 is 20.0. The molecule has 0 spiro atoms. The highest BCUT2D eigenvalue weighted by atomic mass is 32.2. The predicted octanol–water partition coefficient (Wildman–Crippen LogP) is 23.2. The maximum absolute atomic E-state index is 10.0. The summed E-state index contributed by atoms with van der Waals surface area (Å²) in [7, 11) is -2.66. The fourth-order valence-electron chi connectivity index (χ4n) is 0. The number of sulfone groups is 1. The van der Waals surface area contributed by atoms with Crippen LogP contribution in [0.3, 0.4) is 0 Å². The van der Waals surface area contributed by atoms with Crippen LogP contribution in [0.25, 0.3) is 0 Å². The average molecular weight is 944 g/mol. The molecule has 63 heavy (non-hydrogen) atoms. The lowest BCUT2D eigenvalue weighted by atomic mass is 10.3. The van der Waals surface area contributed by atoms with E-state index in [0.717, 1.165) is 6.42 Å². The van der Waals surface area contributed by atoms with E-state index in [1.807, 2.05) is 296 Å². The smallest absolute Gasteiger partial charge is 0.147 e. The van der Waals surface area contributed by atoms with Crippen LogP contribution >= 0.6 is 0 Å². The van der Waals surface area contributed by atoms with E-state index in [1.54, 1.807) is 13.8 Å². The van der Waals surface area contributed by atoms with Crippen LogP contribution in [-0.2, 0) is 9.84 Å². The highest BCUT2D eigenvalue weighted by molar-refractivity contribution is 7.90. The first-order chi connectivity index (χ1) is 25.7. The number of rotatable bonds is 2. The predicted molar refractivity (Wildman–Crippen MR) is 346 cm³/mol. The van der Waals surface area contributed by atoms with E-state index < -0.39 is 9.84 Å². The van der Waals surface area contributed by atoms with Gasteiger partial charge in [-0.05, 0) is 27.2 Å². The highest BCUT2D eigenvalue weighted by Gasteiger charge is 1.90. The molecule has 0 aromatic heterocycles. The van der Waals surface area contributed by atoms with Crippen LogP contribution in [0.5, 0.6) is 0 Å². The molecule has 0 bridgehead atoms. The van der Waals surface area contributed by atoms with Crippen LogP contribution in [0.15, 0.2) is 12.2 Å². The van der Waals surface area contributed by atoms with Gasteiger partial charge in [0.2, 0.25) is 0 Å². The maximum Gasteiger partial charge on any atom is 0.147 e. The van der Waals surface area contributed by atoms with Gasteiger partial charge in [0, 0.05) is 54.1 Å². The molecule has 0 aliphatic rings. The zero-order valence-corrected chi connectivity index (χ0v) is 52.5. The zero-order valence-electron chi connectivity index (χ0n) is 51.7. The molecule has 9 heteroatoms. The normalized spacial score (nSPS) is 4.71. The van der Waals surface area contributed by atoms with Gasteiger partial charge in [-0.1, -0.05) is 326 Å².